The largest absolute Gasteiger partial charge is 0.468 e. The summed E-state index contributed by atoms with van der Waals surface area (Å²) in [6.45, 7) is 4.33. The molecule has 0 unspecified atom stereocenters. The SMILES string of the molecule is C[C@@H](NC[C@@H]1CCCN1)c1ccco1. The van der Waals surface area contributed by atoms with E-state index in [1.165, 1.54) is 19.4 Å². The molecule has 3 nitrogen and oxygen atoms in total. The Labute approximate surface area is 84.9 Å². The third kappa shape index (κ3) is 2.36. The number of nitrogens with one attached hydrogen (secondary N) is 2. The van der Waals surface area contributed by atoms with E-state index in [9.17, 15) is 0 Å². The molecular formula is C11H18N2O. The van der Waals surface area contributed by atoms with Crippen molar-refractivity contribution in [3.63, 3.8) is 0 Å². The highest BCUT2D eigenvalue weighted by atomic mass is 16.3. The van der Waals surface area contributed by atoms with Gasteiger partial charge in [-0.05, 0) is 38.4 Å². The highest BCUT2D eigenvalue weighted by Crippen LogP contribution is 2.12. The van der Waals surface area contributed by atoms with Gasteiger partial charge in [-0.2, -0.15) is 0 Å². The second-order valence-corrected chi connectivity index (χ2v) is 3.94. The molecule has 0 aromatic carbocycles. The minimum Gasteiger partial charge on any atom is -0.468 e. The summed E-state index contributed by atoms with van der Waals surface area (Å²) < 4.78 is 5.33. The highest BCUT2D eigenvalue weighted by molar-refractivity contribution is 5.03. The van der Waals surface area contributed by atoms with Crippen LogP contribution < -0.4 is 10.6 Å². The molecule has 1 fully saturated rings. The van der Waals surface area contributed by atoms with Gasteiger partial charge in [0.2, 0.25) is 0 Å². The van der Waals surface area contributed by atoms with Crippen molar-refractivity contribution in [2.75, 3.05) is 13.1 Å². The lowest BCUT2D eigenvalue weighted by molar-refractivity contribution is 0.412. The van der Waals surface area contributed by atoms with Crippen molar-refractivity contribution in [3.05, 3.63) is 24.2 Å². The Balaban J connectivity index is 1.74. The summed E-state index contributed by atoms with van der Waals surface area (Å²) in [5.41, 5.74) is 0. The maximum absolute atomic E-state index is 5.33. The molecule has 0 bridgehead atoms. The molecule has 0 aliphatic carbocycles. The number of hydrogen-bond donors (Lipinski definition) is 2. The summed E-state index contributed by atoms with van der Waals surface area (Å²) in [5.74, 6) is 1.02. The predicted molar refractivity (Wildman–Crippen MR) is 56.2 cm³/mol. The van der Waals surface area contributed by atoms with Gasteiger partial charge in [-0.3, -0.25) is 0 Å². The van der Waals surface area contributed by atoms with Crippen LogP contribution in [0.2, 0.25) is 0 Å². The third-order valence-corrected chi connectivity index (χ3v) is 2.80. The van der Waals surface area contributed by atoms with Gasteiger partial charge in [-0.25, -0.2) is 0 Å². The maximum Gasteiger partial charge on any atom is 0.120 e. The van der Waals surface area contributed by atoms with E-state index in [4.69, 9.17) is 4.42 Å². The van der Waals surface area contributed by atoms with Crippen LogP contribution in [0.5, 0.6) is 0 Å². The molecule has 3 heteroatoms. The molecule has 2 heterocycles. The van der Waals surface area contributed by atoms with Crippen LogP contribution in [0.1, 0.15) is 31.6 Å². The van der Waals surface area contributed by atoms with Crippen molar-refractivity contribution >= 4 is 0 Å². The first kappa shape index (κ1) is 9.74. The van der Waals surface area contributed by atoms with Gasteiger partial charge in [0.1, 0.15) is 5.76 Å². The Hall–Kier alpha value is -0.800. The molecule has 1 aliphatic rings. The Morgan fingerprint density at radius 3 is 3.29 bits per heavy atom. The van der Waals surface area contributed by atoms with Crippen molar-refractivity contribution in [3.8, 4) is 0 Å². The van der Waals surface area contributed by atoms with E-state index in [1.54, 1.807) is 6.26 Å². The van der Waals surface area contributed by atoms with E-state index >= 15 is 0 Å². The lowest BCUT2D eigenvalue weighted by Crippen LogP contribution is -2.35. The molecule has 0 radical (unpaired) electrons. The standard InChI is InChI=1S/C11H18N2O/c1-9(11-5-3-7-14-11)13-8-10-4-2-6-12-10/h3,5,7,9-10,12-13H,2,4,6,8H2,1H3/t9-,10+/m1/s1. The summed E-state index contributed by atoms with van der Waals surface area (Å²) in [7, 11) is 0. The molecule has 2 rings (SSSR count). The molecule has 14 heavy (non-hydrogen) atoms. The summed E-state index contributed by atoms with van der Waals surface area (Å²) in [6, 6.07) is 4.90. The van der Waals surface area contributed by atoms with E-state index < -0.39 is 0 Å². The fourth-order valence-corrected chi connectivity index (χ4v) is 1.89. The topological polar surface area (TPSA) is 37.2 Å². The lowest BCUT2D eigenvalue weighted by Gasteiger charge is -2.15. The van der Waals surface area contributed by atoms with Gasteiger partial charge in [0.05, 0.1) is 12.3 Å². The summed E-state index contributed by atoms with van der Waals surface area (Å²) >= 11 is 0. The molecule has 78 valence electrons. The van der Waals surface area contributed by atoms with Gasteiger partial charge in [0.15, 0.2) is 0 Å². The van der Waals surface area contributed by atoms with E-state index in [-0.39, 0.29) is 0 Å². The van der Waals surface area contributed by atoms with Crippen molar-refractivity contribution in [2.24, 2.45) is 0 Å². The zero-order chi connectivity index (χ0) is 9.80. The highest BCUT2D eigenvalue weighted by Gasteiger charge is 2.15. The first-order valence-corrected chi connectivity index (χ1v) is 5.36. The molecule has 0 amide bonds. The van der Waals surface area contributed by atoms with Gasteiger partial charge in [-0.1, -0.05) is 0 Å². The van der Waals surface area contributed by atoms with Gasteiger partial charge >= 0.3 is 0 Å². The first-order chi connectivity index (χ1) is 6.86. The zero-order valence-electron chi connectivity index (χ0n) is 8.62. The van der Waals surface area contributed by atoms with Crippen LogP contribution >= 0.6 is 0 Å². The second-order valence-electron chi connectivity index (χ2n) is 3.94. The second kappa shape index (κ2) is 4.62. The fourth-order valence-electron chi connectivity index (χ4n) is 1.89. The van der Waals surface area contributed by atoms with Crippen LogP contribution in [0.25, 0.3) is 0 Å². The monoisotopic (exact) mass is 194 g/mol. The van der Waals surface area contributed by atoms with Crippen LogP contribution in [0.4, 0.5) is 0 Å². The summed E-state index contributed by atoms with van der Waals surface area (Å²) in [6.07, 6.45) is 4.32. The van der Waals surface area contributed by atoms with E-state index in [1.807, 2.05) is 12.1 Å². The van der Waals surface area contributed by atoms with Crippen molar-refractivity contribution in [1.82, 2.24) is 10.6 Å². The summed E-state index contributed by atoms with van der Waals surface area (Å²) in [4.78, 5) is 0. The van der Waals surface area contributed by atoms with E-state index in [0.717, 1.165) is 12.3 Å². The Bertz CT molecular complexity index is 252. The van der Waals surface area contributed by atoms with Crippen LogP contribution in [0.15, 0.2) is 22.8 Å². The number of furan rings is 1. The van der Waals surface area contributed by atoms with E-state index in [2.05, 4.69) is 17.6 Å². The van der Waals surface area contributed by atoms with Crippen molar-refractivity contribution in [1.29, 1.82) is 0 Å². The van der Waals surface area contributed by atoms with Crippen LogP contribution in [-0.4, -0.2) is 19.1 Å². The molecule has 0 spiro atoms. The normalized spacial score (nSPS) is 23.9. The Morgan fingerprint density at radius 1 is 1.71 bits per heavy atom. The van der Waals surface area contributed by atoms with Crippen LogP contribution in [-0.2, 0) is 0 Å². The molecule has 1 saturated heterocycles. The van der Waals surface area contributed by atoms with Crippen molar-refractivity contribution in [2.45, 2.75) is 31.8 Å². The quantitative estimate of drug-likeness (QED) is 0.765. The molecular weight excluding hydrogens is 176 g/mol. The van der Waals surface area contributed by atoms with Crippen molar-refractivity contribution < 1.29 is 4.42 Å². The lowest BCUT2D eigenvalue weighted by atomic mass is 10.2. The van der Waals surface area contributed by atoms with E-state index in [0.29, 0.717) is 12.1 Å². The predicted octanol–water partition coefficient (Wildman–Crippen LogP) is 1.68. The Kier molecular flexibility index (Phi) is 3.22. The van der Waals surface area contributed by atoms with Crippen LogP contribution in [0, 0.1) is 0 Å². The average molecular weight is 194 g/mol. The molecule has 0 saturated carbocycles. The zero-order valence-corrected chi connectivity index (χ0v) is 8.62. The first-order valence-electron chi connectivity index (χ1n) is 5.36. The van der Waals surface area contributed by atoms with Gasteiger partial charge in [0.25, 0.3) is 0 Å². The number of hydrogen-bond acceptors (Lipinski definition) is 3. The Morgan fingerprint density at radius 2 is 2.64 bits per heavy atom. The van der Waals surface area contributed by atoms with Gasteiger partial charge in [-0.15, -0.1) is 0 Å². The molecule has 2 N–H and O–H groups in total. The minimum atomic E-state index is 0.312. The summed E-state index contributed by atoms with van der Waals surface area (Å²) in [5, 5.41) is 6.93. The molecule has 1 aliphatic heterocycles. The van der Waals surface area contributed by atoms with Gasteiger partial charge in [0, 0.05) is 12.6 Å². The molecule has 2 atom stereocenters. The third-order valence-electron chi connectivity index (χ3n) is 2.80. The smallest absolute Gasteiger partial charge is 0.120 e. The van der Waals surface area contributed by atoms with Gasteiger partial charge < -0.3 is 15.1 Å². The minimum absolute atomic E-state index is 0.312. The molecule has 1 aromatic heterocycles. The number of rotatable bonds is 4. The fraction of sp³-hybridized carbons (Fsp3) is 0.636. The average Bonchev–Trinajstić information content (AvgIpc) is 2.87. The van der Waals surface area contributed by atoms with Crippen LogP contribution in [0.3, 0.4) is 0 Å². The maximum atomic E-state index is 5.33. The molecule has 1 aromatic rings.